The molecule has 198 valence electrons. The van der Waals surface area contributed by atoms with E-state index in [9.17, 15) is 5.11 Å². The molecule has 0 unspecified atom stereocenters. The molecule has 2 aromatic rings. The van der Waals surface area contributed by atoms with Crippen molar-refractivity contribution >= 4 is 0 Å². The lowest BCUT2D eigenvalue weighted by Gasteiger charge is -2.43. The molecule has 1 aliphatic heterocycles. The van der Waals surface area contributed by atoms with Crippen molar-refractivity contribution in [3.63, 3.8) is 0 Å². The number of nitrogens with two attached hydrogens (primary N) is 1. The maximum atomic E-state index is 12.6. The van der Waals surface area contributed by atoms with Crippen molar-refractivity contribution in [2.24, 2.45) is 17.6 Å². The highest BCUT2D eigenvalue weighted by atomic mass is 16.5. The lowest BCUT2D eigenvalue weighted by molar-refractivity contribution is -0.0821. The Bertz CT molecular complexity index is 951. The van der Waals surface area contributed by atoms with Crippen molar-refractivity contribution in [2.45, 2.75) is 69.9 Å². The molecule has 0 radical (unpaired) electrons. The van der Waals surface area contributed by atoms with Gasteiger partial charge in [0.15, 0.2) is 0 Å². The van der Waals surface area contributed by atoms with Crippen molar-refractivity contribution < 1.29 is 14.6 Å². The molecule has 2 fully saturated rings. The molecule has 4 rings (SSSR count). The lowest BCUT2D eigenvalue weighted by Crippen LogP contribution is -2.47. The molecule has 1 saturated heterocycles. The fourth-order valence-corrected chi connectivity index (χ4v) is 6.35. The van der Waals surface area contributed by atoms with Crippen LogP contribution in [0.4, 0.5) is 0 Å². The quantitative estimate of drug-likeness (QED) is 0.383. The molecular weight excluding hydrogens is 448 g/mol. The number of likely N-dealkylation sites (tertiary alicyclic amines) is 1. The number of piperidine rings is 1. The van der Waals surface area contributed by atoms with Crippen LogP contribution < -0.4 is 5.73 Å². The van der Waals surface area contributed by atoms with Gasteiger partial charge in [0.1, 0.15) is 0 Å². The second kappa shape index (κ2) is 13.2. The van der Waals surface area contributed by atoms with E-state index < -0.39 is 5.60 Å². The smallest absolute Gasteiger partial charge is 0.0990 e. The standard InChI is InChI=1S/C31H46N2O3/c1-24-10-3-4-12-28(24)29-13-5-6-14-30(29)31(34,17-7-8-19-35-2)26-11-9-18-33(21-26)23-36-22-25-15-16-27(32)20-25/h3-6,10,12-14,25-27,34H,7-9,11,15-23,32H2,1-2H3/t25-,26-,27+,31+/m1/s1. The summed E-state index contributed by atoms with van der Waals surface area (Å²) in [4.78, 5) is 2.40. The van der Waals surface area contributed by atoms with Crippen molar-refractivity contribution in [2.75, 3.05) is 40.1 Å². The highest BCUT2D eigenvalue weighted by Gasteiger charge is 2.41. The van der Waals surface area contributed by atoms with E-state index in [-0.39, 0.29) is 5.92 Å². The highest BCUT2D eigenvalue weighted by molar-refractivity contribution is 5.71. The highest BCUT2D eigenvalue weighted by Crippen LogP contribution is 2.44. The summed E-state index contributed by atoms with van der Waals surface area (Å²) < 4.78 is 11.5. The number of benzene rings is 2. The van der Waals surface area contributed by atoms with Crippen LogP contribution >= 0.6 is 0 Å². The fourth-order valence-electron chi connectivity index (χ4n) is 6.35. The van der Waals surface area contributed by atoms with Gasteiger partial charge in [-0.1, -0.05) is 48.5 Å². The third-order valence-corrected chi connectivity index (χ3v) is 8.38. The minimum Gasteiger partial charge on any atom is -0.385 e. The topological polar surface area (TPSA) is 68.0 Å². The van der Waals surface area contributed by atoms with E-state index in [0.717, 1.165) is 82.4 Å². The molecule has 0 spiro atoms. The Morgan fingerprint density at radius 3 is 2.56 bits per heavy atom. The van der Waals surface area contributed by atoms with Crippen molar-refractivity contribution in [3.05, 3.63) is 59.7 Å². The van der Waals surface area contributed by atoms with Crippen LogP contribution in [0.2, 0.25) is 0 Å². The minimum absolute atomic E-state index is 0.155. The summed E-state index contributed by atoms with van der Waals surface area (Å²) >= 11 is 0. The predicted molar refractivity (Wildman–Crippen MR) is 147 cm³/mol. The van der Waals surface area contributed by atoms with Gasteiger partial charge in [-0.3, -0.25) is 4.90 Å². The molecule has 0 aromatic heterocycles. The van der Waals surface area contributed by atoms with Gasteiger partial charge in [0.2, 0.25) is 0 Å². The number of hydrogen-bond donors (Lipinski definition) is 2. The number of aliphatic hydroxyl groups is 1. The summed E-state index contributed by atoms with van der Waals surface area (Å²) in [5.41, 5.74) is 9.83. The van der Waals surface area contributed by atoms with Crippen molar-refractivity contribution in [1.29, 1.82) is 0 Å². The molecule has 1 aliphatic carbocycles. The normalized spacial score (nSPS) is 24.6. The van der Waals surface area contributed by atoms with E-state index in [0.29, 0.717) is 18.7 Å². The van der Waals surface area contributed by atoms with Crippen molar-refractivity contribution in [1.82, 2.24) is 4.90 Å². The van der Waals surface area contributed by atoms with Crippen LogP contribution in [0.1, 0.15) is 62.5 Å². The Morgan fingerprint density at radius 1 is 1.03 bits per heavy atom. The molecule has 0 amide bonds. The van der Waals surface area contributed by atoms with Gasteiger partial charge >= 0.3 is 0 Å². The molecule has 5 nitrogen and oxygen atoms in total. The third-order valence-electron chi connectivity index (χ3n) is 8.38. The van der Waals surface area contributed by atoms with E-state index in [1.807, 2.05) is 0 Å². The Morgan fingerprint density at radius 2 is 1.81 bits per heavy atom. The van der Waals surface area contributed by atoms with Crippen LogP contribution in [0.25, 0.3) is 11.1 Å². The zero-order valence-corrected chi connectivity index (χ0v) is 22.3. The minimum atomic E-state index is -0.899. The first kappa shape index (κ1) is 27.3. The Kier molecular flexibility index (Phi) is 9.97. The van der Waals surface area contributed by atoms with Crippen LogP contribution in [-0.2, 0) is 15.1 Å². The van der Waals surface area contributed by atoms with Gasteiger partial charge in [-0.15, -0.1) is 0 Å². The van der Waals surface area contributed by atoms with Crippen LogP contribution in [0.3, 0.4) is 0 Å². The first-order valence-electron chi connectivity index (χ1n) is 13.9. The molecular formula is C31H46N2O3. The second-order valence-corrected chi connectivity index (χ2v) is 11.1. The summed E-state index contributed by atoms with van der Waals surface area (Å²) in [7, 11) is 1.75. The maximum absolute atomic E-state index is 12.6. The Hall–Kier alpha value is -1.76. The SMILES string of the molecule is COCCCC[C@@](O)(c1ccccc1-c1ccccc1C)[C@@H]1CCCN(COC[C@@H]2CC[C@H](N)C2)C1. The fraction of sp³-hybridized carbons (Fsp3) is 0.613. The van der Waals surface area contributed by atoms with Gasteiger partial charge in [0.25, 0.3) is 0 Å². The van der Waals surface area contributed by atoms with Crippen LogP contribution in [0.15, 0.2) is 48.5 Å². The molecule has 5 heteroatoms. The van der Waals surface area contributed by atoms with E-state index in [1.165, 1.54) is 17.5 Å². The number of methoxy groups -OCH3 is 1. The molecule has 1 saturated carbocycles. The number of unbranched alkanes of at least 4 members (excludes halogenated alkanes) is 1. The van der Waals surface area contributed by atoms with E-state index in [1.54, 1.807) is 7.11 Å². The first-order chi connectivity index (χ1) is 17.5. The average molecular weight is 495 g/mol. The zero-order valence-electron chi connectivity index (χ0n) is 22.3. The van der Waals surface area contributed by atoms with E-state index >= 15 is 0 Å². The van der Waals surface area contributed by atoms with Crippen LogP contribution in [0.5, 0.6) is 0 Å². The molecule has 3 N–H and O–H groups in total. The maximum Gasteiger partial charge on any atom is 0.0990 e. The van der Waals surface area contributed by atoms with Gasteiger partial charge in [0, 0.05) is 38.8 Å². The first-order valence-corrected chi connectivity index (χ1v) is 13.9. The second-order valence-electron chi connectivity index (χ2n) is 11.1. The Labute approximate surface area is 218 Å². The molecule has 1 heterocycles. The molecule has 4 atom stereocenters. The van der Waals surface area contributed by atoms with Crippen LogP contribution in [0, 0.1) is 18.8 Å². The zero-order chi connectivity index (χ0) is 25.4. The molecule has 36 heavy (non-hydrogen) atoms. The number of hydrogen-bond acceptors (Lipinski definition) is 5. The molecule has 2 aliphatic rings. The Balaban J connectivity index is 1.53. The number of ether oxygens (including phenoxy) is 2. The largest absolute Gasteiger partial charge is 0.385 e. The van der Waals surface area contributed by atoms with Gasteiger partial charge in [-0.25, -0.2) is 0 Å². The number of rotatable bonds is 12. The van der Waals surface area contributed by atoms with Gasteiger partial charge in [-0.2, -0.15) is 0 Å². The summed E-state index contributed by atoms with van der Waals surface area (Å²) in [5, 5.41) is 12.6. The van der Waals surface area contributed by atoms with E-state index in [4.69, 9.17) is 15.2 Å². The third kappa shape index (κ3) is 6.76. The number of nitrogens with zero attached hydrogens (tertiary/aromatic N) is 1. The van der Waals surface area contributed by atoms with Gasteiger partial charge in [-0.05, 0) is 86.5 Å². The van der Waals surface area contributed by atoms with Gasteiger partial charge in [0.05, 0.1) is 18.9 Å². The molecule has 2 aromatic carbocycles. The molecule has 0 bridgehead atoms. The lowest BCUT2D eigenvalue weighted by atomic mass is 9.72. The van der Waals surface area contributed by atoms with Crippen molar-refractivity contribution in [3.8, 4) is 11.1 Å². The summed E-state index contributed by atoms with van der Waals surface area (Å²) in [6.45, 7) is 6.20. The van der Waals surface area contributed by atoms with Gasteiger partial charge < -0.3 is 20.3 Å². The monoisotopic (exact) mass is 494 g/mol. The summed E-state index contributed by atoms with van der Waals surface area (Å²) in [5.74, 6) is 0.752. The summed E-state index contributed by atoms with van der Waals surface area (Å²) in [6, 6.07) is 17.3. The average Bonchev–Trinajstić information content (AvgIpc) is 3.32. The summed E-state index contributed by atoms with van der Waals surface area (Å²) in [6.07, 6.45) is 8.11. The van der Waals surface area contributed by atoms with E-state index in [2.05, 4.69) is 60.4 Å². The number of aryl methyl sites for hydroxylation is 1. The van der Waals surface area contributed by atoms with Crippen LogP contribution in [-0.4, -0.2) is 56.2 Å². The predicted octanol–water partition coefficient (Wildman–Crippen LogP) is 5.48.